The van der Waals surface area contributed by atoms with E-state index in [1.165, 1.54) is 11.8 Å². The largest absolute Gasteiger partial charge is 0.507 e. The summed E-state index contributed by atoms with van der Waals surface area (Å²) in [5.41, 5.74) is 2.58. The summed E-state index contributed by atoms with van der Waals surface area (Å²) in [6, 6.07) is 18.6. The fraction of sp³-hybridized carbons (Fsp3) is 0.0455. The molecule has 1 amide bonds. The summed E-state index contributed by atoms with van der Waals surface area (Å²) in [6.45, 7) is 0.399. The van der Waals surface area contributed by atoms with E-state index >= 15 is 0 Å². The number of aromatic nitrogens is 1. The molecule has 2 heterocycles. The molecule has 144 valence electrons. The molecule has 3 aromatic rings. The first kappa shape index (κ1) is 19.7. The zero-order valence-corrected chi connectivity index (χ0v) is 18.2. The van der Waals surface area contributed by atoms with Crippen LogP contribution in [-0.4, -0.2) is 26.1 Å². The van der Waals surface area contributed by atoms with E-state index in [-0.39, 0.29) is 11.7 Å². The second-order valence-electron chi connectivity index (χ2n) is 6.30. The Hall–Kier alpha value is -2.65. The predicted octanol–water partition coefficient (Wildman–Crippen LogP) is 5.20. The van der Waals surface area contributed by atoms with Crippen LogP contribution in [0.2, 0.25) is 0 Å². The number of aliphatic imine (C=N–C) groups is 1. The van der Waals surface area contributed by atoms with Crippen molar-refractivity contribution in [2.24, 2.45) is 4.99 Å². The minimum Gasteiger partial charge on any atom is -0.507 e. The number of amides is 1. The van der Waals surface area contributed by atoms with Crippen molar-refractivity contribution in [2.75, 3.05) is 0 Å². The standard InChI is InChI=1S/C22H16IN3O2S/c23-18-11-15(8-9-19(18)27)12-20-21(28)26(14-16-5-4-10-24-13-16)22(29-20)25-17-6-2-1-3-7-17/h1-13,27H,14H2/b20-12+,25-22?. The van der Waals surface area contributed by atoms with Gasteiger partial charge in [-0.15, -0.1) is 0 Å². The number of thioether (sulfide) groups is 1. The maximum absolute atomic E-state index is 13.2. The number of carbonyl (C=O) groups excluding carboxylic acids is 1. The van der Waals surface area contributed by atoms with Gasteiger partial charge in [0.1, 0.15) is 5.75 Å². The van der Waals surface area contributed by atoms with Crippen molar-refractivity contribution >= 4 is 57.2 Å². The van der Waals surface area contributed by atoms with Crippen LogP contribution in [-0.2, 0) is 11.3 Å². The number of para-hydroxylation sites is 1. The first-order valence-corrected chi connectivity index (χ1v) is 10.7. The number of phenols is 1. The first-order chi connectivity index (χ1) is 14.1. The van der Waals surface area contributed by atoms with Crippen LogP contribution in [0.25, 0.3) is 6.08 Å². The number of aromatic hydroxyl groups is 1. The maximum atomic E-state index is 13.2. The van der Waals surface area contributed by atoms with E-state index in [1.54, 1.807) is 29.4 Å². The molecule has 1 fully saturated rings. The van der Waals surface area contributed by atoms with Crippen molar-refractivity contribution in [3.63, 3.8) is 0 Å². The molecule has 0 spiro atoms. The third kappa shape index (κ3) is 4.68. The number of hydrogen-bond donors (Lipinski definition) is 1. The molecule has 0 unspecified atom stereocenters. The molecule has 0 atom stereocenters. The van der Waals surface area contributed by atoms with Gasteiger partial charge in [-0.3, -0.25) is 14.7 Å². The number of phenolic OH excluding ortho intramolecular Hbond substituents is 1. The van der Waals surface area contributed by atoms with Gasteiger partial charge >= 0.3 is 0 Å². The van der Waals surface area contributed by atoms with E-state index in [4.69, 9.17) is 4.99 Å². The van der Waals surface area contributed by atoms with E-state index < -0.39 is 0 Å². The summed E-state index contributed by atoms with van der Waals surface area (Å²) in [4.78, 5) is 24.2. The van der Waals surface area contributed by atoms with Crippen LogP contribution in [0, 0.1) is 3.57 Å². The van der Waals surface area contributed by atoms with E-state index in [9.17, 15) is 9.90 Å². The van der Waals surface area contributed by atoms with Gasteiger partial charge in [0.25, 0.3) is 5.91 Å². The Morgan fingerprint density at radius 2 is 1.97 bits per heavy atom. The number of rotatable bonds is 4. The topological polar surface area (TPSA) is 65.8 Å². The van der Waals surface area contributed by atoms with Crippen LogP contribution < -0.4 is 0 Å². The van der Waals surface area contributed by atoms with Gasteiger partial charge in [0, 0.05) is 12.4 Å². The summed E-state index contributed by atoms with van der Waals surface area (Å²) < 4.78 is 0.734. The molecule has 1 aliphatic heterocycles. The summed E-state index contributed by atoms with van der Waals surface area (Å²) in [7, 11) is 0. The van der Waals surface area contributed by atoms with Crippen molar-refractivity contribution in [3.8, 4) is 5.75 Å². The third-order valence-electron chi connectivity index (χ3n) is 4.20. The van der Waals surface area contributed by atoms with Gasteiger partial charge in [0.05, 0.1) is 20.7 Å². The van der Waals surface area contributed by atoms with Gasteiger partial charge in [-0.05, 0) is 81.9 Å². The Kier molecular flexibility index (Phi) is 5.96. The number of benzene rings is 2. The Balaban J connectivity index is 1.70. The predicted molar refractivity (Wildman–Crippen MR) is 125 cm³/mol. The first-order valence-electron chi connectivity index (χ1n) is 8.83. The third-order valence-corrected chi connectivity index (χ3v) is 6.07. The molecule has 7 heteroatoms. The summed E-state index contributed by atoms with van der Waals surface area (Å²) >= 11 is 3.42. The van der Waals surface area contributed by atoms with E-state index in [2.05, 4.69) is 27.6 Å². The van der Waals surface area contributed by atoms with Crippen molar-refractivity contribution in [1.29, 1.82) is 0 Å². The number of hydrogen-bond acceptors (Lipinski definition) is 5. The quantitative estimate of drug-likeness (QED) is 0.385. The van der Waals surface area contributed by atoms with Gasteiger partial charge < -0.3 is 5.11 Å². The average Bonchev–Trinajstić information content (AvgIpc) is 3.01. The molecule has 0 bridgehead atoms. The van der Waals surface area contributed by atoms with Crippen LogP contribution in [0.4, 0.5) is 5.69 Å². The highest BCUT2D eigenvalue weighted by Gasteiger charge is 2.33. The second kappa shape index (κ2) is 8.79. The number of nitrogens with zero attached hydrogens (tertiary/aromatic N) is 3. The highest BCUT2D eigenvalue weighted by atomic mass is 127. The summed E-state index contributed by atoms with van der Waals surface area (Å²) in [5.74, 6) is 0.124. The molecular weight excluding hydrogens is 497 g/mol. The minimum atomic E-state index is -0.100. The monoisotopic (exact) mass is 513 g/mol. The molecule has 1 saturated heterocycles. The van der Waals surface area contributed by atoms with E-state index in [0.29, 0.717) is 16.6 Å². The number of pyridine rings is 1. The smallest absolute Gasteiger partial charge is 0.267 e. The molecule has 1 aliphatic rings. The lowest BCUT2D eigenvalue weighted by atomic mass is 10.2. The van der Waals surface area contributed by atoms with E-state index in [0.717, 1.165) is 20.4 Å². The molecule has 2 aromatic carbocycles. The highest BCUT2D eigenvalue weighted by molar-refractivity contribution is 14.1. The molecule has 0 radical (unpaired) electrons. The van der Waals surface area contributed by atoms with Crippen molar-refractivity contribution in [3.05, 3.63) is 92.7 Å². The molecule has 1 aromatic heterocycles. The lowest BCUT2D eigenvalue weighted by Crippen LogP contribution is -2.28. The summed E-state index contributed by atoms with van der Waals surface area (Å²) in [6.07, 6.45) is 5.29. The Bertz CT molecular complexity index is 1100. The van der Waals surface area contributed by atoms with Gasteiger partial charge in [0.15, 0.2) is 5.17 Å². The van der Waals surface area contributed by atoms with Crippen LogP contribution >= 0.6 is 34.4 Å². The lowest BCUT2D eigenvalue weighted by molar-refractivity contribution is -0.122. The molecule has 5 nitrogen and oxygen atoms in total. The fourth-order valence-electron chi connectivity index (χ4n) is 2.78. The molecule has 0 aliphatic carbocycles. The SMILES string of the molecule is O=C1/C(=C\c2ccc(O)c(I)c2)SC(=Nc2ccccc2)N1Cc1cccnc1. The van der Waals surface area contributed by atoms with Crippen LogP contribution in [0.1, 0.15) is 11.1 Å². The zero-order chi connectivity index (χ0) is 20.2. The van der Waals surface area contributed by atoms with Gasteiger partial charge in [-0.25, -0.2) is 4.99 Å². The molecule has 4 rings (SSSR count). The fourth-order valence-corrected chi connectivity index (χ4v) is 4.32. The zero-order valence-electron chi connectivity index (χ0n) is 15.2. The van der Waals surface area contributed by atoms with Crippen LogP contribution in [0.5, 0.6) is 5.75 Å². The molecule has 29 heavy (non-hydrogen) atoms. The summed E-state index contributed by atoms with van der Waals surface area (Å²) in [5, 5.41) is 10.4. The van der Waals surface area contributed by atoms with Gasteiger partial charge in [-0.2, -0.15) is 0 Å². The van der Waals surface area contributed by atoms with Gasteiger partial charge in [-0.1, -0.05) is 30.3 Å². The van der Waals surface area contributed by atoms with Crippen LogP contribution in [0.3, 0.4) is 0 Å². The Morgan fingerprint density at radius 3 is 2.69 bits per heavy atom. The molecular formula is C22H16IN3O2S. The second-order valence-corrected chi connectivity index (χ2v) is 8.48. The van der Waals surface area contributed by atoms with Gasteiger partial charge in [0.2, 0.25) is 0 Å². The van der Waals surface area contributed by atoms with E-state index in [1.807, 2.05) is 54.6 Å². The highest BCUT2D eigenvalue weighted by Crippen LogP contribution is 2.35. The maximum Gasteiger partial charge on any atom is 0.267 e. The van der Waals surface area contributed by atoms with Crippen molar-refractivity contribution in [2.45, 2.75) is 6.54 Å². The number of halogens is 1. The Morgan fingerprint density at radius 1 is 1.14 bits per heavy atom. The lowest BCUT2D eigenvalue weighted by Gasteiger charge is -2.15. The number of amidine groups is 1. The Labute approximate surface area is 186 Å². The van der Waals surface area contributed by atoms with Crippen molar-refractivity contribution < 1.29 is 9.90 Å². The van der Waals surface area contributed by atoms with Crippen LogP contribution in [0.15, 0.2) is 83.0 Å². The average molecular weight is 513 g/mol. The molecule has 0 saturated carbocycles. The minimum absolute atomic E-state index is 0.100. The normalized spacial score (nSPS) is 16.7. The number of carbonyl (C=O) groups is 1. The molecule has 1 N–H and O–H groups in total. The van der Waals surface area contributed by atoms with Crippen molar-refractivity contribution in [1.82, 2.24) is 9.88 Å².